The summed E-state index contributed by atoms with van der Waals surface area (Å²) in [5.41, 5.74) is 2.84. The summed E-state index contributed by atoms with van der Waals surface area (Å²) < 4.78 is 2.02. The molecule has 1 aliphatic heterocycles. The molecule has 6 rings (SSSR count). The van der Waals surface area contributed by atoms with Crippen molar-refractivity contribution in [2.45, 2.75) is 71.9 Å². The van der Waals surface area contributed by atoms with Crippen LogP contribution in [0.4, 0.5) is 0 Å². The number of carbonyl (C=O) groups excluding carboxylic acids is 1. The number of carbonyl (C=O) groups is 1. The third-order valence-corrected chi connectivity index (χ3v) is 8.18. The van der Waals surface area contributed by atoms with Gasteiger partial charge in [-0.15, -0.1) is 0 Å². The van der Waals surface area contributed by atoms with Gasteiger partial charge in [0, 0.05) is 57.4 Å². The van der Waals surface area contributed by atoms with Crippen molar-refractivity contribution in [2.75, 3.05) is 26.2 Å². The van der Waals surface area contributed by atoms with E-state index < -0.39 is 0 Å². The Morgan fingerprint density at radius 1 is 1.07 bits per heavy atom. The number of nitrogens with zero attached hydrogens (tertiary/aromatic N) is 4. The van der Waals surface area contributed by atoms with Crippen LogP contribution < -0.4 is 0 Å². The molecule has 1 saturated heterocycles. The summed E-state index contributed by atoms with van der Waals surface area (Å²) in [6.07, 6.45) is 11.4. The van der Waals surface area contributed by atoms with Crippen LogP contribution >= 0.6 is 0 Å². The highest BCUT2D eigenvalue weighted by molar-refractivity contribution is 5.77. The van der Waals surface area contributed by atoms with Crippen molar-refractivity contribution in [1.82, 2.24) is 19.6 Å². The maximum Gasteiger partial charge on any atom is 0.223 e. The Balaban J connectivity index is 1.15. The third kappa shape index (κ3) is 3.51. The number of rotatable bonds is 5. The number of amides is 1. The Morgan fingerprint density at radius 3 is 2.21 bits per heavy atom. The molecule has 1 amide bonds. The minimum Gasteiger partial charge on any atom is -0.340 e. The number of hydrogen-bond donors (Lipinski definition) is 0. The predicted octanol–water partition coefficient (Wildman–Crippen LogP) is 3.46. The summed E-state index contributed by atoms with van der Waals surface area (Å²) in [5, 5.41) is 4.57. The molecule has 4 aliphatic carbocycles. The summed E-state index contributed by atoms with van der Waals surface area (Å²) in [7, 11) is 0. The van der Waals surface area contributed by atoms with E-state index in [-0.39, 0.29) is 0 Å². The smallest absolute Gasteiger partial charge is 0.223 e. The predicted molar refractivity (Wildman–Crippen MR) is 110 cm³/mol. The standard InChI is InChI=1S/C23H36N4O/c1-3-27-16-21(17(2)24-27)15-25-4-6-26(7-5-25)22(28)14-23-11-18-8-19(12-23)10-20(9-18)13-23/h16,18-20H,3-15H2,1-2H3. The zero-order chi connectivity index (χ0) is 19.3. The molecule has 0 unspecified atom stereocenters. The first-order chi connectivity index (χ1) is 13.5. The van der Waals surface area contributed by atoms with Crippen molar-refractivity contribution in [3.05, 3.63) is 17.5 Å². The lowest BCUT2D eigenvalue weighted by molar-refractivity contribution is -0.141. The van der Waals surface area contributed by atoms with Crippen LogP contribution in [0, 0.1) is 30.1 Å². The van der Waals surface area contributed by atoms with E-state index in [2.05, 4.69) is 34.9 Å². The first kappa shape index (κ1) is 18.7. The van der Waals surface area contributed by atoms with Crippen LogP contribution in [-0.2, 0) is 17.9 Å². The summed E-state index contributed by atoms with van der Waals surface area (Å²) in [6.45, 7) is 9.89. The number of hydrogen-bond acceptors (Lipinski definition) is 3. The van der Waals surface area contributed by atoms with E-state index >= 15 is 0 Å². The Labute approximate surface area is 169 Å². The summed E-state index contributed by atoms with van der Waals surface area (Å²) in [6, 6.07) is 0. The van der Waals surface area contributed by atoms with E-state index in [9.17, 15) is 4.79 Å². The number of aryl methyl sites for hydroxylation is 2. The lowest BCUT2D eigenvalue weighted by atomic mass is 9.49. The quantitative estimate of drug-likeness (QED) is 0.781. The van der Waals surface area contributed by atoms with Gasteiger partial charge >= 0.3 is 0 Å². The van der Waals surface area contributed by atoms with Gasteiger partial charge in [0.15, 0.2) is 0 Å². The van der Waals surface area contributed by atoms with Gasteiger partial charge in [-0.3, -0.25) is 14.4 Å². The molecule has 0 N–H and O–H groups in total. The Bertz CT molecular complexity index is 696. The topological polar surface area (TPSA) is 41.4 Å². The second-order valence-electron chi connectivity index (χ2n) is 10.3. The third-order valence-electron chi connectivity index (χ3n) is 8.18. The highest BCUT2D eigenvalue weighted by atomic mass is 16.2. The summed E-state index contributed by atoms with van der Waals surface area (Å²) in [5.74, 6) is 3.24. The molecule has 154 valence electrons. The molecule has 1 aromatic rings. The minimum absolute atomic E-state index is 0.370. The zero-order valence-electron chi connectivity index (χ0n) is 17.7. The zero-order valence-corrected chi connectivity index (χ0v) is 17.7. The number of aromatic nitrogens is 2. The van der Waals surface area contributed by atoms with Crippen LogP contribution in [0.15, 0.2) is 6.20 Å². The lowest BCUT2D eigenvalue weighted by Crippen LogP contribution is -2.52. The van der Waals surface area contributed by atoms with Crippen LogP contribution in [-0.4, -0.2) is 51.7 Å². The average molecular weight is 385 g/mol. The van der Waals surface area contributed by atoms with Gasteiger partial charge in [0.25, 0.3) is 0 Å². The van der Waals surface area contributed by atoms with Crippen molar-refractivity contribution in [3.63, 3.8) is 0 Å². The molecule has 5 fully saturated rings. The molecule has 4 bridgehead atoms. The van der Waals surface area contributed by atoms with E-state index in [1.807, 2.05) is 4.68 Å². The van der Waals surface area contributed by atoms with Gasteiger partial charge in [-0.05, 0) is 75.5 Å². The Hall–Kier alpha value is -1.36. The van der Waals surface area contributed by atoms with Crippen LogP contribution in [0.3, 0.4) is 0 Å². The van der Waals surface area contributed by atoms with Crippen LogP contribution in [0.25, 0.3) is 0 Å². The van der Waals surface area contributed by atoms with Crippen molar-refractivity contribution >= 4 is 5.91 Å². The van der Waals surface area contributed by atoms with E-state index in [1.54, 1.807) is 0 Å². The van der Waals surface area contributed by atoms with E-state index in [4.69, 9.17) is 0 Å². The Morgan fingerprint density at radius 2 is 1.68 bits per heavy atom. The molecule has 1 aromatic heterocycles. The van der Waals surface area contributed by atoms with Crippen LogP contribution in [0.1, 0.15) is 63.1 Å². The summed E-state index contributed by atoms with van der Waals surface area (Å²) in [4.78, 5) is 17.8. The molecule has 0 spiro atoms. The Kier molecular flexibility index (Phi) is 4.77. The molecule has 5 heteroatoms. The average Bonchev–Trinajstić information content (AvgIpc) is 3.00. The maximum absolute atomic E-state index is 13.1. The second-order valence-corrected chi connectivity index (χ2v) is 10.3. The van der Waals surface area contributed by atoms with Gasteiger partial charge in [-0.2, -0.15) is 5.10 Å². The fourth-order valence-corrected chi connectivity index (χ4v) is 7.21. The van der Waals surface area contributed by atoms with Crippen LogP contribution in [0.2, 0.25) is 0 Å². The maximum atomic E-state index is 13.1. The van der Waals surface area contributed by atoms with Crippen molar-refractivity contribution < 1.29 is 4.79 Å². The highest BCUT2D eigenvalue weighted by Gasteiger charge is 2.51. The van der Waals surface area contributed by atoms with Gasteiger partial charge in [-0.25, -0.2) is 0 Å². The lowest BCUT2D eigenvalue weighted by Gasteiger charge is -2.57. The monoisotopic (exact) mass is 384 g/mol. The molecule has 5 aliphatic rings. The van der Waals surface area contributed by atoms with Crippen molar-refractivity contribution in [2.24, 2.45) is 23.2 Å². The highest BCUT2D eigenvalue weighted by Crippen LogP contribution is 2.61. The fraction of sp³-hybridized carbons (Fsp3) is 0.826. The van der Waals surface area contributed by atoms with Crippen molar-refractivity contribution in [1.29, 1.82) is 0 Å². The molecule has 4 saturated carbocycles. The molecule has 0 atom stereocenters. The van der Waals surface area contributed by atoms with E-state index in [1.165, 1.54) is 44.1 Å². The van der Waals surface area contributed by atoms with Gasteiger partial charge in [-0.1, -0.05) is 0 Å². The molecular formula is C23H36N4O. The molecular weight excluding hydrogens is 348 g/mol. The SMILES string of the molecule is CCn1cc(CN2CCN(C(=O)CC34CC5CC(CC(C5)C3)C4)CC2)c(C)n1. The largest absolute Gasteiger partial charge is 0.340 e. The van der Waals surface area contributed by atoms with Gasteiger partial charge in [0.1, 0.15) is 0 Å². The molecule has 0 radical (unpaired) electrons. The second kappa shape index (κ2) is 7.16. The van der Waals surface area contributed by atoms with Gasteiger partial charge in [0.05, 0.1) is 5.69 Å². The molecule has 0 aromatic carbocycles. The van der Waals surface area contributed by atoms with Gasteiger partial charge < -0.3 is 4.90 Å². The molecule has 28 heavy (non-hydrogen) atoms. The minimum atomic E-state index is 0.370. The van der Waals surface area contributed by atoms with E-state index in [0.29, 0.717) is 11.3 Å². The molecule has 2 heterocycles. The first-order valence-corrected chi connectivity index (χ1v) is 11.5. The van der Waals surface area contributed by atoms with E-state index in [0.717, 1.165) is 69.1 Å². The molecule has 5 nitrogen and oxygen atoms in total. The summed E-state index contributed by atoms with van der Waals surface area (Å²) >= 11 is 0. The normalized spacial score (nSPS) is 34.9. The fourth-order valence-electron chi connectivity index (χ4n) is 7.21. The van der Waals surface area contributed by atoms with Crippen LogP contribution in [0.5, 0.6) is 0 Å². The van der Waals surface area contributed by atoms with Crippen molar-refractivity contribution in [3.8, 4) is 0 Å². The first-order valence-electron chi connectivity index (χ1n) is 11.5. The number of piperazine rings is 1. The van der Waals surface area contributed by atoms with Gasteiger partial charge in [0.2, 0.25) is 5.91 Å².